The van der Waals surface area contributed by atoms with Crippen LogP contribution in [-0.2, 0) is 24.2 Å². The molecule has 31 heavy (non-hydrogen) atoms. The van der Waals surface area contributed by atoms with Crippen LogP contribution in [0.5, 0.6) is 0 Å². The Labute approximate surface area is 189 Å². The highest BCUT2D eigenvalue weighted by Gasteiger charge is 2.29. The minimum atomic E-state index is 0.267. The van der Waals surface area contributed by atoms with Gasteiger partial charge in [-0.25, -0.2) is 0 Å². The highest BCUT2D eigenvalue weighted by atomic mass is 32.1. The van der Waals surface area contributed by atoms with Crippen molar-refractivity contribution in [2.75, 3.05) is 46.3 Å². The third kappa shape index (κ3) is 6.08. The molecule has 1 fully saturated rings. The van der Waals surface area contributed by atoms with Crippen LogP contribution >= 0.6 is 11.3 Å². The lowest BCUT2D eigenvalue weighted by atomic mass is 10.1. The zero-order chi connectivity index (χ0) is 21.5. The first kappa shape index (κ1) is 21.8. The van der Waals surface area contributed by atoms with Crippen molar-refractivity contribution in [1.82, 2.24) is 20.4 Å². The van der Waals surface area contributed by atoms with Gasteiger partial charge in [0, 0.05) is 70.1 Å². The third-order valence-corrected chi connectivity index (χ3v) is 7.22. The van der Waals surface area contributed by atoms with Crippen LogP contribution in [0.3, 0.4) is 0 Å². The summed E-state index contributed by atoms with van der Waals surface area (Å²) in [6.07, 6.45) is 2.70. The van der Waals surface area contributed by atoms with Crippen LogP contribution in [0.2, 0.25) is 0 Å². The molecule has 2 aromatic rings. The number of hydrogen-bond donors (Lipinski definition) is 2. The van der Waals surface area contributed by atoms with Gasteiger partial charge in [-0.05, 0) is 35.4 Å². The van der Waals surface area contributed by atoms with E-state index in [2.05, 4.69) is 56.2 Å². The van der Waals surface area contributed by atoms with E-state index in [0.29, 0.717) is 12.3 Å². The van der Waals surface area contributed by atoms with E-state index in [9.17, 15) is 4.79 Å². The van der Waals surface area contributed by atoms with Crippen molar-refractivity contribution in [2.45, 2.75) is 25.8 Å². The van der Waals surface area contributed by atoms with Crippen molar-refractivity contribution in [2.24, 2.45) is 10.9 Å². The second-order valence-corrected chi connectivity index (χ2v) is 9.42. The molecule has 1 amide bonds. The first-order valence-electron chi connectivity index (χ1n) is 11.2. The average Bonchev–Trinajstić information content (AvgIpc) is 3.41. The van der Waals surface area contributed by atoms with Gasteiger partial charge in [0.1, 0.15) is 0 Å². The predicted molar refractivity (Wildman–Crippen MR) is 127 cm³/mol. The Morgan fingerprint density at radius 3 is 2.90 bits per heavy atom. The van der Waals surface area contributed by atoms with Crippen LogP contribution in [-0.4, -0.2) is 68.0 Å². The molecule has 3 heterocycles. The fourth-order valence-electron chi connectivity index (χ4n) is 4.41. The lowest BCUT2D eigenvalue weighted by Crippen LogP contribution is -2.44. The fourth-order valence-corrected chi connectivity index (χ4v) is 5.30. The van der Waals surface area contributed by atoms with Gasteiger partial charge in [0.05, 0.1) is 0 Å². The Balaban J connectivity index is 1.14. The molecule has 0 saturated carbocycles. The number of thiophene rings is 1. The van der Waals surface area contributed by atoms with Gasteiger partial charge in [0.15, 0.2) is 5.96 Å². The number of carbonyl (C=O) groups is 1. The molecule has 1 aromatic heterocycles. The maximum atomic E-state index is 12.4. The predicted octanol–water partition coefficient (Wildman–Crippen LogP) is 2.36. The summed E-state index contributed by atoms with van der Waals surface area (Å²) in [6.45, 7) is 6.45. The molecular formula is C24H33N5OS. The smallest absolute Gasteiger partial charge is 0.223 e. The largest absolute Gasteiger partial charge is 0.356 e. The van der Waals surface area contributed by atoms with Gasteiger partial charge in [0.2, 0.25) is 5.91 Å². The molecule has 7 heteroatoms. The standard InChI is InChI=1S/C24H33N5OS/c1-25-24(26-10-13-28-11-8-22-21(18-28)9-14-31-22)27-16-20-15-23(30)29(17-20)12-7-19-5-3-2-4-6-19/h2-6,9,14,20H,7-8,10-13,15-18H2,1H3,(H2,25,26,27). The van der Waals surface area contributed by atoms with E-state index in [1.165, 1.54) is 11.1 Å². The van der Waals surface area contributed by atoms with E-state index in [0.717, 1.165) is 64.6 Å². The number of benzene rings is 1. The highest BCUT2D eigenvalue weighted by Crippen LogP contribution is 2.23. The van der Waals surface area contributed by atoms with Gasteiger partial charge in [-0.3, -0.25) is 14.7 Å². The van der Waals surface area contributed by atoms with E-state index in [4.69, 9.17) is 0 Å². The molecule has 0 radical (unpaired) electrons. The molecule has 0 bridgehead atoms. The monoisotopic (exact) mass is 439 g/mol. The second kappa shape index (κ2) is 10.8. The SMILES string of the molecule is CN=C(NCCN1CCc2sccc2C1)NCC1CC(=O)N(CCc2ccccc2)C1. The normalized spacial score (nSPS) is 19.5. The Kier molecular flexibility index (Phi) is 7.59. The van der Waals surface area contributed by atoms with Gasteiger partial charge in [-0.2, -0.15) is 0 Å². The van der Waals surface area contributed by atoms with Gasteiger partial charge >= 0.3 is 0 Å². The van der Waals surface area contributed by atoms with Crippen molar-refractivity contribution in [3.63, 3.8) is 0 Å². The number of guanidine groups is 1. The van der Waals surface area contributed by atoms with Crippen molar-refractivity contribution in [3.05, 3.63) is 57.8 Å². The molecule has 1 unspecified atom stereocenters. The van der Waals surface area contributed by atoms with Crippen LogP contribution in [0.25, 0.3) is 0 Å². The summed E-state index contributed by atoms with van der Waals surface area (Å²) in [5, 5.41) is 9.05. The molecule has 1 atom stereocenters. The lowest BCUT2D eigenvalue weighted by molar-refractivity contribution is -0.127. The Morgan fingerprint density at radius 2 is 2.06 bits per heavy atom. The number of aliphatic imine (C=N–C) groups is 1. The van der Waals surface area contributed by atoms with Gasteiger partial charge < -0.3 is 15.5 Å². The van der Waals surface area contributed by atoms with Crippen molar-refractivity contribution in [3.8, 4) is 0 Å². The summed E-state index contributed by atoms with van der Waals surface area (Å²) in [4.78, 5) is 22.8. The Bertz CT molecular complexity index is 881. The van der Waals surface area contributed by atoms with Crippen LogP contribution in [0, 0.1) is 5.92 Å². The maximum absolute atomic E-state index is 12.4. The second-order valence-electron chi connectivity index (χ2n) is 8.42. The molecule has 0 aliphatic carbocycles. The van der Waals surface area contributed by atoms with Crippen LogP contribution in [0.4, 0.5) is 0 Å². The molecule has 0 spiro atoms. The summed E-state index contributed by atoms with van der Waals surface area (Å²) in [5.74, 6) is 1.42. The minimum Gasteiger partial charge on any atom is -0.356 e. The van der Waals surface area contributed by atoms with E-state index >= 15 is 0 Å². The zero-order valence-corrected chi connectivity index (χ0v) is 19.2. The van der Waals surface area contributed by atoms with Crippen LogP contribution in [0.15, 0.2) is 46.8 Å². The molecule has 1 saturated heterocycles. The highest BCUT2D eigenvalue weighted by molar-refractivity contribution is 7.10. The van der Waals surface area contributed by atoms with E-state index in [-0.39, 0.29) is 5.91 Å². The average molecular weight is 440 g/mol. The number of likely N-dealkylation sites (tertiary alicyclic amines) is 1. The summed E-state index contributed by atoms with van der Waals surface area (Å²) < 4.78 is 0. The summed E-state index contributed by atoms with van der Waals surface area (Å²) >= 11 is 1.88. The Hall–Kier alpha value is -2.38. The number of amides is 1. The number of nitrogens with zero attached hydrogens (tertiary/aromatic N) is 3. The van der Waals surface area contributed by atoms with Gasteiger partial charge in [-0.15, -0.1) is 11.3 Å². The first-order chi connectivity index (χ1) is 15.2. The molecule has 1 aromatic carbocycles. The topological polar surface area (TPSA) is 60.0 Å². The summed E-state index contributed by atoms with van der Waals surface area (Å²) in [5.41, 5.74) is 2.77. The molecule has 2 N–H and O–H groups in total. The van der Waals surface area contributed by atoms with Crippen molar-refractivity contribution < 1.29 is 4.79 Å². The number of hydrogen-bond acceptors (Lipinski definition) is 4. The molecule has 2 aliphatic rings. The van der Waals surface area contributed by atoms with Crippen LogP contribution < -0.4 is 10.6 Å². The van der Waals surface area contributed by atoms with E-state index in [1.807, 2.05) is 22.3 Å². The van der Waals surface area contributed by atoms with E-state index in [1.54, 1.807) is 11.9 Å². The molecule has 166 valence electrons. The minimum absolute atomic E-state index is 0.267. The van der Waals surface area contributed by atoms with E-state index < -0.39 is 0 Å². The van der Waals surface area contributed by atoms with Crippen molar-refractivity contribution >= 4 is 23.2 Å². The molecular weight excluding hydrogens is 406 g/mol. The number of carbonyl (C=O) groups excluding carboxylic acids is 1. The zero-order valence-electron chi connectivity index (χ0n) is 18.3. The quantitative estimate of drug-likeness (QED) is 0.490. The van der Waals surface area contributed by atoms with Crippen molar-refractivity contribution in [1.29, 1.82) is 0 Å². The summed E-state index contributed by atoms with van der Waals surface area (Å²) in [7, 11) is 1.81. The van der Waals surface area contributed by atoms with Crippen LogP contribution in [0.1, 0.15) is 22.4 Å². The third-order valence-electron chi connectivity index (χ3n) is 6.20. The number of nitrogens with one attached hydrogen (secondary N) is 2. The molecule has 6 nitrogen and oxygen atoms in total. The fraction of sp³-hybridized carbons (Fsp3) is 0.500. The molecule has 2 aliphatic heterocycles. The summed E-state index contributed by atoms with van der Waals surface area (Å²) in [6, 6.07) is 12.6. The van der Waals surface area contributed by atoms with Gasteiger partial charge in [0.25, 0.3) is 0 Å². The first-order valence-corrected chi connectivity index (χ1v) is 12.1. The number of rotatable bonds is 8. The lowest BCUT2D eigenvalue weighted by Gasteiger charge is -2.27. The maximum Gasteiger partial charge on any atom is 0.223 e. The van der Waals surface area contributed by atoms with Gasteiger partial charge in [-0.1, -0.05) is 30.3 Å². The molecule has 4 rings (SSSR count). The Morgan fingerprint density at radius 1 is 1.19 bits per heavy atom. The number of fused-ring (bicyclic) bond motifs is 1.